The second kappa shape index (κ2) is 6.47. The Labute approximate surface area is 130 Å². The molecule has 1 saturated carbocycles. The van der Waals surface area contributed by atoms with Crippen LogP contribution in [0.25, 0.3) is 0 Å². The van der Waals surface area contributed by atoms with Crippen molar-refractivity contribution < 1.29 is 27.8 Å². The monoisotopic (exact) mass is 381 g/mol. The number of carboxylic acids is 1. The molecular weight excluding hydrogens is 366 g/mol. The van der Waals surface area contributed by atoms with Gasteiger partial charge in [-0.3, -0.25) is 0 Å². The standard InChI is InChI=1S/C12H16BrNO6S/c13-11-10(5-9(20-11)12(16)17)21(18,19)14-6-7-3-1-2-4-8(7)15/h5,7-8,14-15H,1-4,6H2,(H,16,17). The molecule has 118 valence electrons. The van der Waals surface area contributed by atoms with E-state index in [0.717, 1.165) is 25.3 Å². The normalized spacial score (nSPS) is 23.1. The van der Waals surface area contributed by atoms with Crippen molar-refractivity contribution >= 4 is 31.9 Å². The van der Waals surface area contributed by atoms with Gasteiger partial charge in [0.15, 0.2) is 4.67 Å². The molecule has 1 aromatic heterocycles. The second-order valence-electron chi connectivity index (χ2n) is 5.02. The molecule has 1 aliphatic rings. The van der Waals surface area contributed by atoms with Gasteiger partial charge in [-0.2, -0.15) is 0 Å². The summed E-state index contributed by atoms with van der Waals surface area (Å²) in [4.78, 5) is 10.5. The number of hydrogen-bond donors (Lipinski definition) is 3. The lowest BCUT2D eigenvalue weighted by Gasteiger charge is -2.27. The maximum Gasteiger partial charge on any atom is 0.371 e. The van der Waals surface area contributed by atoms with Crippen molar-refractivity contribution in [2.75, 3.05) is 6.54 Å². The fraction of sp³-hybridized carbons (Fsp3) is 0.583. The minimum atomic E-state index is -3.89. The van der Waals surface area contributed by atoms with Crippen molar-refractivity contribution in [3.63, 3.8) is 0 Å². The van der Waals surface area contributed by atoms with Gasteiger partial charge in [0.05, 0.1) is 6.10 Å². The molecule has 0 amide bonds. The molecule has 3 N–H and O–H groups in total. The maximum atomic E-state index is 12.2. The van der Waals surface area contributed by atoms with Crippen LogP contribution in [0, 0.1) is 5.92 Å². The minimum absolute atomic E-state index is 0.115. The molecule has 21 heavy (non-hydrogen) atoms. The van der Waals surface area contributed by atoms with Gasteiger partial charge in [-0.25, -0.2) is 17.9 Å². The van der Waals surface area contributed by atoms with E-state index in [9.17, 15) is 18.3 Å². The van der Waals surface area contributed by atoms with Crippen LogP contribution in [-0.4, -0.2) is 37.2 Å². The number of carboxylic acid groups (broad SMARTS) is 1. The van der Waals surface area contributed by atoms with Crippen LogP contribution in [-0.2, 0) is 10.0 Å². The number of aliphatic hydroxyl groups excluding tert-OH is 1. The first-order chi connectivity index (χ1) is 9.81. The van der Waals surface area contributed by atoms with Gasteiger partial charge in [-0.15, -0.1) is 0 Å². The number of nitrogens with one attached hydrogen (secondary N) is 1. The molecule has 0 saturated heterocycles. The SMILES string of the molecule is O=C(O)c1cc(S(=O)(=O)NCC2CCCCC2O)c(Br)o1. The van der Waals surface area contributed by atoms with Crippen molar-refractivity contribution in [2.24, 2.45) is 5.92 Å². The fourth-order valence-electron chi connectivity index (χ4n) is 2.36. The van der Waals surface area contributed by atoms with Crippen LogP contribution in [0.4, 0.5) is 0 Å². The van der Waals surface area contributed by atoms with Crippen molar-refractivity contribution in [3.05, 3.63) is 16.5 Å². The highest BCUT2D eigenvalue weighted by atomic mass is 79.9. The number of sulfonamides is 1. The summed E-state index contributed by atoms with van der Waals surface area (Å²) in [7, 11) is -3.89. The first-order valence-electron chi connectivity index (χ1n) is 6.51. The zero-order valence-corrected chi connectivity index (χ0v) is 13.5. The maximum absolute atomic E-state index is 12.2. The van der Waals surface area contributed by atoms with E-state index >= 15 is 0 Å². The Morgan fingerprint density at radius 1 is 1.43 bits per heavy atom. The Bertz CT molecular complexity index is 626. The molecule has 2 atom stereocenters. The largest absolute Gasteiger partial charge is 0.475 e. The van der Waals surface area contributed by atoms with Crippen molar-refractivity contribution in [1.29, 1.82) is 0 Å². The van der Waals surface area contributed by atoms with E-state index in [0.29, 0.717) is 6.42 Å². The smallest absolute Gasteiger partial charge is 0.371 e. The molecule has 7 nitrogen and oxygen atoms in total. The quantitative estimate of drug-likeness (QED) is 0.712. The van der Waals surface area contributed by atoms with E-state index in [2.05, 4.69) is 20.7 Å². The lowest BCUT2D eigenvalue weighted by atomic mass is 9.87. The van der Waals surface area contributed by atoms with Gasteiger partial charge >= 0.3 is 5.97 Å². The van der Waals surface area contributed by atoms with Crippen LogP contribution >= 0.6 is 15.9 Å². The molecule has 2 unspecified atom stereocenters. The first kappa shape index (κ1) is 16.5. The van der Waals surface area contributed by atoms with Crippen molar-refractivity contribution in [3.8, 4) is 0 Å². The highest BCUT2D eigenvalue weighted by Crippen LogP contribution is 2.27. The third kappa shape index (κ3) is 3.85. The van der Waals surface area contributed by atoms with Crippen molar-refractivity contribution in [1.82, 2.24) is 4.72 Å². The third-order valence-corrected chi connectivity index (χ3v) is 5.84. The molecule has 0 aliphatic heterocycles. The molecule has 1 aromatic rings. The molecule has 1 aliphatic carbocycles. The lowest BCUT2D eigenvalue weighted by Crippen LogP contribution is -2.36. The summed E-state index contributed by atoms with van der Waals surface area (Å²) in [6.45, 7) is 0.115. The number of rotatable bonds is 5. The molecule has 0 bridgehead atoms. The van der Waals surface area contributed by atoms with E-state index in [4.69, 9.17) is 9.52 Å². The summed E-state index contributed by atoms with van der Waals surface area (Å²) in [6.07, 6.45) is 2.83. The second-order valence-corrected chi connectivity index (χ2v) is 7.47. The summed E-state index contributed by atoms with van der Waals surface area (Å²) >= 11 is 2.90. The molecular formula is C12H16BrNO6S. The molecule has 2 rings (SSSR count). The van der Waals surface area contributed by atoms with Gasteiger partial charge in [-0.05, 0) is 34.7 Å². The van der Waals surface area contributed by atoms with E-state index in [1.165, 1.54) is 0 Å². The third-order valence-electron chi connectivity index (χ3n) is 3.56. The predicted octanol–water partition coefficient (Wildman–Crippen LogP) is 1.57. The summed E-state index contributed by atoms with van der Waals surface area (Å²) in [5.74, 6) is -1.93. The molecule has 0 radical (unpaired) electrons. The molecule has 0 spiro atoms. The van der Waals surface area contributed by atoms with E-state index in [-0.39, 0.29) is 22.0 Å². The van der Waals surface area contributed by atoms with Gasteiger partial charge in [0.25, 0.3) is 0 Å². The number of carbonyl (C=O) groups is 1. The van der Waals surface area contributed by atoms with Crippen molar-refractivity contribution in [2.45, 2.75) is 36.7 Å². The van der Waals surface area contributed by atoms with E-state index < -0.39 is 27.9 Å². The van der Waals surface area contributed by atoms with Crippen LogP contribution in [0.3, 0.4) is 0 Å². The van der Waals surface area contributed by atoms with Gasteiger partial charge in [-0.1, -0.05) is 12.8 Å². The number of hydrogen-bond acceptors (Lipinski definition) is 5. The number of halogens is 1. The molecule has 1 heterocycles. The summed E-state index contributed by atoms with van der Waals surface area (Å²) in [5, 5.41) is 18.6. The van der Waals surface area contributed by atoms with Crippen LogP contribution < -0.4 is 4.72 Å². The van der Waals surface area contributed by atoms with Crippen LogP contribution in [0.2, 0.25) is 0 Å². The number of aromatic carboxylic acids is 1. The number of furan rings is 1. The zero-order valence-electron chi connectivity index (χ0n) is 11.1. The first-order valence-corrected chi connectivity index (χ1v) is 8.79. The highest BCUT2D eigenvalue weighted by Gasteiger charge is 2.28. The Morgan fingerprint density at radius 2 is 2.10 bits per heavy atom. The van der Waals surface area contributed by atoms with Crippen LogP contribution in [0.5, 0.6) is 0 Å². The lowest BCUT2D eigenvalue weighted by molar-refractivity contribution is 0.0660. The number of aliphatic hydroxyl groups is 1. The molecule has 0 aromatic carbocycles. The van der Waals surface area contributed by atoms with Gasteiger partial charge in [0.1, 0.15) is 4.90 Å². The summed E-state index contributed by atoms with van der Waals surface area (Å²) in [6, 6.07) is 0.950. The van der Waals surface area contributed by atoms with E-state index in [1.54, 1.807) is 0 Å². The zero-order chi connectivity index (χ0) is 15.6. The Kier molecular flexibility index (Phi) is 5.07. The predicted molar refractivity (Wildman–Crippen MR) is 76.5 cm³/mol. The molecule has 9 heteroatoms. The van der Waals surface area contributed by atoms with Gasteiger partial charge in [0, 0.05) is 12.6 Å². The average molecular weight is 382 g/mol. The topological polar surface area (TPSA) is 117 Å². The van der Waals surface area contributed by atoms with E-state index in [1.807, 2.05) is 0 Å². The minimum Gasteiger partial charge on any atom is -0.475 e. The Morgan fingerprint density at radius 3 is 2.67 bits per heavy atom. The summed E-state index contributed by atoms with van der Waals surface area (Å²) < 4.78 is 31.4. The van der Waals surface area contributed by atoms with Gasteiger partial charge < -0.3 is 14.6 Å². The van der Waals surface area contributed by atoms with Crippen LogP contribution in [0.1, 0.15) is 36.2 Å². The average Bonchev–Trinajstić information content (AvgIpc) is 2.81. The molecule has 1 fully saturated rings. The Hall–Kier alpha value is -0.900. The fourth-order valence-corrected chi connectivity index (χ4v) is 4.39. The van der Waals surface area contributed by atoms with Gasteiger partial charge in [0.2, 0.25) is 15.8 Å². The Balaban J connectivity index is 2.09. The summed E-state index contributed by atoms with van der Waals surface area (Å²) in [5.41, 5.74) is 0. The highest BCUT2D eigenvalue weighted by molar-refractivity contribution is 9.10. The van der Waals surface area contributed by atoms with Crippen LogP contribution in [0.15, 0.2) is 20.0 Å².